The second-order valence-electron chi connectivity index (χ2n) is 20.9. The highest BCUT2D eigenvalue weighted by Crippen LogP contribution is 2.13. The van der Waals surface area contributed by atoms with Crippen molar-refractivity contribution in [1.29, 1.82) is 0 Å². The van der Waals surface area contributed by atoms with Crippen LogP contribution < -0.4 is 0 Å². The first kappa shape index (κ1) is 77.2. The molecule has 0 amide bonds. The summed E-state index contributed by atoms with van der Waals surface area (Å²) in [5, 5.41) is 0. The molecule has 0 radical (unpaired) electrons. The van der Waals surface area contributed by atoms with Crippen LogP contribution in [0.5, 0.6) is 0 Å². The number of esters is 3. The van der Waals surface area contributed by atoms with Crippen LogP contribution in [0.2, 0.25) is 0 Å². The van der Waals surface area contributed by atoms with Crippen molar-refractivity contribution in [3.05, 3.63) is 194 Å². The summed E-state index contributed by atoms with van der Waals surface area (Å²) in [4.78, 5) is 38.4. The Morgan fingerprint density at radius 1 is 0.253 bits per heavy atom. The van der Waals surface area contributed by atoms with Gasteiger partial charge < -0.3 is 14.2 Å². The van der Waals surface area contributed by atoms with E-state index in [9.17, 15) is 14.4 Å². The lowest BCUT2D eigenvalue weighted by Crippen LogP contribution is -2.30. The first-order valence-electron chi connectivity index (χ1n) is 32.9. The summed E-state index contributed by atoms with van der Waals surface area (Å²) in [5.41, 5.74) is 0. The van der Waals surface area contributed by atoms with Gasteiger partial charge in [-0.2, -0.15) is 0 Å². The SMILES string of the molecule is CC/C=C\C/C=C\C/C=C\C/C=C\C/C=C\C/C=C\C/C=C\CCCCCC(=O)OCC(COC(=O)CC/C=C\C/C=C\C/C=C\C/C=C\C/C=C\C/C=C\CC)OC(=O)CCCCCCCC/C=C\C/C=C\C/C=C\CCCCCCC. The molecule has 0 aromatic heterocycles. The molecule has 0 rings (SSSR count). The Kier molecular flexibility index (Phi) is 64.0. The van der Waals surface area contributed by atoms with E-state index in [1.165, 1.54) is 51.4 Å². The van der Waals surface area contributed by atoms with Crippen LogP contribution >= 0.6 is 0 Å². The number of unbranched alkanes of at least 4 members (excludes halogenated alkanes) is 14. The Labute approximate surface area is 509 Å². The monoisotopic (exact) mass is 1140 g/mol. The zero-order valence-corrected chi connectivity index (χ0v) is 52.9. The standard InChI is InChI=1S/C77H118O6/c1-4-7-10-13-16-19-22-25-28-31-34-36-37-38-39-41-43-46-49-52-55-58-61-64-67-70-76(79)82-73-74(72-81-75(78)69-66-63-60-57-54-51-48-45-42-33-30-27-24-21-18-15-12-9-6-3)83-77(80)71-68-65-62-59-56-53-50-47-44-40-35-32-29-26-23-20-17-14-11-8-5-2/h7,9-10,12,16,18-19,21,23,25-28,30,32,34-36,38-39,42-47,51-52,54-55,60,63,74H,4-6,8,11,13-15,17,20,22,24,29,31,33,37,40-41,48-50,53,56-59,61-62,64-73H2,1-3H3/b10-7-,12-9-,19-16-,21-18-,26-23-,28-25-,30-27-,35-32-,36-34-,39-38-,45-42-,46-43-,47-44-,54-51-,55-52-,63-60-. The maximum absolute atomic E-state index is 12.9. The van der Waals surface area contributed by atoms with Crippen LogP contribution in [0.15, 0.2) is 194 Å². The third-order valence-corrected chi connectivity index (χ3v) is 13.1. The number of carbonyl (C=O) groups excluding carboxylic acids is 3. The smallest absolute Gasteiger partial charge is 0.306 e. The molecule has 6 heteroatoms. The van der Waals surface area contributed by atoms with Crippen molar-refractivity contribution in [1.82, 2.24) is 0 Å². The van der Waals surface area contributed by atoms with Gasteiger partial charge in [0.15, 0.2) is 6.10 Å². The third kappa shape index (κ3) is 66.9. The number of allylic oxidation sites excluding steroid dienone is 32. The van der Waals surface area contributed by atoms with Gasteiger partial charge >= 0.3 is 17.9 Å². The van der Waals surface area contributed by atoms with Gasteiger partial charge in [0.25, 0.3) is 0 Å². The quantitative estimate of drug-likeness (QED) is 0.0261. The van der Waals surface area contributed by atoms with Crippen molar-refractivity contribution in [2.75, 3.05) is 13.2 Å². The minimum atomic E-state index is -0.845. The minimum absolute atomic E-state index is 0.135. The van der Waals surface area contributed by atoms with Crippen LogP contribution in [0, 0.1) is 0 Å². The van der Waals surface area contributed by atoms with Gasteiger partial charge in [0, 0.05) is 19.3 Å². The molecule has 1 atom stereocenters. The van der Waals surface area contributed by atoms with Gasteiger partial charge in [0.1, 0.15) is 13.2 Å². The molecule has 0 saturated carbocycles. The van der Waals surface area contributed by atoms with Gasteiger partial charge in [-0.3, -0.25) is 14.4 Å². The fourth-order valence-corrected chi connectivity index (χ4v) is 8.22. The Hall–Kier alpha value is -5.75. The Bertz CT molecular complexity index is 1990. The molecule has 6 nitrogen and oxygen atoms in total. The number of hydrogen-bond donors (Lipinski definition) is 0. The lowest BCUT2D eigenvalue weighted by molar-refractivity contribution is -0.166. The molecule has 0 aliphatic heterocycles. The molecule has 0 aromatic rings. The van der Waals surface area contributed by atoms with E-state index in [-0.39, 0.29) is 44.0 Å². The van der Waals surface area contributed by atoms with Crippen molar-refractivity contribution in [2.24, 2.45) is 0 Å². The van der Waals surface area contributed by atoms with Gasteiger partial charge in [0.05, 0.1) is 0 Å². The average Bonchev–Trinajstić information content (AvgIpc) is 3.50. The summed E-state index contributed by atoms with van der Waals surface area (Å²) in [5.74, 6) is -1.07. The van der Waals surface area contributed by atoms with E-state index in [2.05, 4.69) is 203 Å². The zero-order chi connectivity index (χ0) is 59.9. The third-order valence-electron chi connectivity index (χ3n) is 13.1. The maximum atomic E-state index is 12.9. The van der Waals surface area contributed by atoms with Crippen molar-refractivity contribution in [3.63, 3.8) is 0 Å². The molecule has 462 valence electrons. The van der Waals surface area contributed by atoms with E-state index >= 15 is 0 Å². The second-order valence-corrected chi connectivity index (χ2v) is 20.9. The summed E-state index contributed by atoms with van der Waals surface area (Å²) in [6, 6.07) is 0. The van der Waals surface area contributed by atoms with Crippen LogP contribution in [-0.4, -0.2) is 37.2 Å². The largest absolute Gasteiger partial charge is 0.462 e. The van der Waals surface area contributed by atoms with Gasteiger partial charge in [-0.15, -0.1) is 0 Å². The summed E-state index contributed by atoms with van der Waals surface area (Å²) in [7, 11) is 0. The maximum Gasteiger partial charge on any atom is 0.306 e. The fourth-order valence-electron chi connectivity index (χ4n) is 8.22. The normalized spacial score (nSPS) is 13.4. The van der Waals surface area contributed by atoms with Crippen molar-refractivity contribution >= 4 is 17.9 Å². The van der Waals surface area contributed by atoms with E-state index in [0.717, 1.165) is 154 Å². The molecule has 0 N–H and O–H groups in total. The van der Waals surface area contributed by atoms with Crippen molar-refractivity contribution in [2.45, 2.75) is 258 Å². The van der Waals surface area contributed by atoms with E-state index in [4.69, 9.17) is 14.2 Å². The van der Waals surface area contributed by atoms with Crippen molar-refractivity contribution < 1.29 is 28.6 Å². The van der Waals surface area contributed by atoms with Gasteiger partial charge in [-0.1, -0.05) is 273 Å². The molecule has 0 spiro atoms. The van der Waals surface area contributed by atoms with E-state index in [1.807, 2.05) is 12.2 Å². The molecular formula is C77H118O6. The first-order chi connectivity index (χ1) is 41.0. The van der Waals surface area contributed by atoms with E-state index < -0.39 is 6.10 Å². The molecule has 0 saturated heterocycles. The molecular weight excluding hydrogens is 1020 g/mol. The summed E-state index contributed by atoms with van der Waals surface area (Å²) >= 11 is 0. The number of hydrogen-bond acceptors (Lipinski definition) is 6. The van der Waals surface area contributed by atoms with Gasteiger partial charge in [-0.25, -0.2) is 0 Å². The van der Waals surface area contributed by atoms with E-state index in [0.29, 0.717) is 12.8 Å². The van der Waals surface area contributed by atoms with Gasteiger partial charge in [0.2, 0.25) is 0 Å². The zero-order valence-electron chi connectivity index (χ0n) is 52.9. The molecule has 0 fully saturated rings. The minimum Gasteiger partial charge on any atom is -0.462 e. The number of rotatable bonds is 57. The molecule has 0 aromatic carbocycles. The van der Waals surface area contributed by atoms with E-state index in [1.54, 1.807) is 0 Å². The summed E-state index contributed by atoms with van der Waals surface area (Å²) in [6.07, 6.45) is 104. The van der Waals surface area contributed by atoms with Crippen LogP contribution in [-0.2, 0) is 28.6 Å². The second kappa shape index (κ2) is 68.7. The molecule has 1 unspecified atom stereocenters. The predicted octanol–water partition coefficient (Wildman–Crippen LogP) is 23.0. The first-order valence-corrected chi connectivity index (χ1v) is 32.9. The van der Waals surface area contributed by atoms with Crippen LogP contribution in [0.4, 0.5) is 0 Å². The van der Waals surface area contributed by atoms with Crippen LogP contribution in [0.3, 0.4) is 0 Å². The number of ether oxygens (including phenoxy) is 3. The van der Waals surface area contributed by atoms with Crippen LogP contribution in [0.25, 0.3) is 0 Å². The summed E-state index contributed by atoms with van der Waals surface area (Å²) in [6.45, 7) is 6.29. The molecule has 0 bridgehead atoms. The number of carbonyl (C=O) groups is 3. The highest BCUT2D eigenvalue weighted by Gasteiger charge is 2.19. The van der Waals surface area contributed by atoms with Crippen molar-refractivity contribution in [3.8, 4) is 0 Å². The Morgan fingerprint density at radius 2 is 0.494 bits per heavy atom. The van der Waals surface area contributed by atoms with Gasteiger partial charge in [-0.05, 0) is 154 Å². The molecule has 0 aliphatic carbocycles. The predicted molar refractivity (Wildman–Crippen MR) is 361 cm³/mol. The lowest BCUT2D eigenvalue weighted by atomic mass is 10.1. The van der Waals surface area contributed by atoms with Crippen LogP contribution in [0.1, 0.15) is 252 Å². The highest BCUT2D eigenvalue weighted by atomic mass is 16.6. The lowest BCUT2D eigenvalue weighted by Gasteiger charge is -2.18. The topological polar surface area (TPSA) is 78.9 Å². The molecule has 83 heavy (non-hydrogen) atoms. The average molecular weight is 1140 g/mol. The molecule has 0 heterocycles. The Morgan fingerprint density at radius 3 is 0.819 bits per heavy atom. The Balaban J connectivity index is 4.62. The highest BCUT2D eigenvalue weighted by molar-refractivity contribution is 5.71. The summed E-state index contributed by atoms with van der Waals surface area (Å²) < 4.78 is 16.8. The molecule has 0 aliphatic rings. The fraction of sp³-hybridized carbons (Fsp3) is 0.545.